The van der Waals surface area contributed by atoms with E-state index in [-0.39, 0.29) is 11.8 Å². The summed E-state index contributed by atoms with van der Waals surface area (Å²) in [5.74, 6) is 0.804. The Bertz CT molecular complexity index is 605. The third kappa shape index (κ3) is 3.38. The second-order valence-electron chi connectivity index (χ2n) is 6.19. The monoisotopic (exact) mass is 298 g/mol. The summed E-state index contributed by atoms with van der Waals surface area (Å²) >= 11 is 0. The van der Waals surface area contributed by atoms with Gasteiger partial charge in [0, 0.05) is 25.2 Å². The Labute approximate surface area is 131 Å². The number of rotatable bonds is 5. The second kappa shape index (κ2) is 6.34. The second-order valence-corrected chi connectivity index (χ2v) is 6.19. The van der Waals surface area contributed by atoms with E-state index < -0.39 is 0 Å². The predicted molar refractivity (Wildman–Crippen MR) is 85.4 cm³/mol. The number of carbonyl (C=O) groups is 2. The van der Waals surface area contributed by atoms with Gasteiger partial charge in [-0.3, -0.25) is 9.59 Å². The number of benzene rings is 1. The lowest BCUT2D eigenvalue weighted by atomic mass is 9.97. The van der Waals surface area contributed by atoms with Crippen molar-refractivity contribution in [2.24, 2.45) is 5.92 Å². The van der Waals surface area contributed by atoms with Crippen molar-refractivity contribution < 1.29 is 9.59 Å². The van der Waals surface area contributed by atoms with E-state index in [1.165, 1.54) is 24.5 Å². The first-order chi connectivity index (χ1) is 10.7. The molecule has 1 fully saturated rings. The van der Waals surface area contributed by atoms with Crippen molar-refractivity contribution in [3.05, 3.63) is 47.5 Å². The van der Waals surface area contributed by atoms with E-state index in [0.717, 1.165) is 36.4 Å². The topological polar surface area (TPSA) is 49.4 Å². The van der Waals surface area contributed by atoms with Gasteiger partial charge in [0.15, 0.2) is 0 Å². The van der Waals surface area contributed by atoms with Gasteiger partial charge < -0.3 is 10.2 Å². The Morgan fingerprint density at radius 2 is 2.14 bits per heavy atom. The molecule has 4 nitrogen and oxygen atoms in total. The zero-order valence-electron chi connectivity index (χ0n) is 12.8. The Morgan fingerprint density at radius 3 is 2.86 bits per heavy atom. The average Bonchev–Trinajstić information content (AvgIpc) is 3.37. The van der Waals surface area contributed by atoms with Crippen molar-refractivity contribution in [2.75, 3.05) is 13.1 Å². The molecular weight excluding hydrogens is 276 g/mol. The van der Waals surface area contributed by atoms with Gasteiger partial charge in [0.25, 0.3) is 5.91 Å². The summed E-state index contributed by atoms with van der Waals surface area (Å²) in [4.78, 5) is 25.6. The van der Waals surface area contributed by atoms with Crippen LogP contribution in [0.15, 0.2) is 30.9 Å². The van der Waals surface area contributed by atoms with Gasteiger partial charge in [-0.05, 0) is 48.1 Å². The molecule has 1 aromatic rings. The molecule has 0 atom stereocenters. The predicted octanol–water partition coefficient (Wildman–Crippen LogP) is 2.29. The van der Waals surface area contributed by atoms with Crippen LogP contribution in [0, 0.1) is 5.92 Å². The molecule has 1 heterocycles. The molecule has 1 aliphatic heterocycles. The van der Waals surface area contributed by atoms with Gasteiger partial charge >= 0.3 is 0 Å². The molecule has 0 radical (unpaired) electrons. The fourth-order valence-electron chi connectivity index (χ4n) is 2.91. The third-order valence-electron chi connectivity index (χ3n) is 4.50. The molecule has 0 saturated heterocycles. The molecule has 0 aromatic heterocycles. The van der Waals surface area contributed by atoms with Crippen molar-refractivity contribution in [3.63, 3.8) is 0 Å². The molecule has 116 valence electrons. The van der Waals surface area contributed by atoms with Crippen LogP contribution in [-0.4, -0.2) is 29.8 Å². The molecule has 2 aliphatic rings. The van der Waals surface area contributed by atoms with Crippen LogP contribution in [0.1, 0.15) is 40.7 Å². The van der Waals surface area contributed by atoms with E-state index in [9.17, 15) is 9.59 Å². The summed E-state index contributed by atoms with van der Waals surface area (Å²) in [5, 5.41) is 3.00. The van der Waals surface area contributed by atoms with Gasteiger partial charge in [-0.15, -0.1) is 0 Å². The van der Waals surface area contributed by atoms with Crippen molar-refractivity contribution >= 4 is 11.8 Å². The molecule has 1 N–H and O–H groups in total. The van der Waals surface area contributed by atoms with Crippen molar-refractivity contribution in [3.8, 4) is 0 Å². The summed E-state index contributed by atoms with van der Waals surface area (Å²) in [6.45, 7) is 5.58. The lowest BCUT2D eigenvalue weighted by Gasteiger charge is -2.28. The highest BCUT2D eigenvalue weighted by Crippen LogP contribution is 2.31. The smallest absolute Gasteiger partial charge is 0.251 e. The summed E-state index contributed by atoms with van der Waals surface area (Å²) in [6.07, 6.45) is 5.86. The third-order valence-corrected chi connectivity index (χ3v) is 4.50. The first kappa shape index (κ1) is 14.8. The number of carbonyl (C=O) groups excluding carboxylic acids is 2. The molecule has 0 spiro atoms. The van der Waals surface area contributed by atoms with Crippen LogP contribution in [0.4, 0.5) is 0 Å². The number of hydrogen-bond acceptors (Lipinski definition) is 2. The highest BCUT2D eigenvalue weighted by atomic mass is 16.2. The Hall–Kier alpha value is -2.10. The molecule has 22 heavy (non-hydrogen) atoms. The number of nitrogens with one attached hydrogen (secondary N) is 1. The molecule has 1 saturated carbocycles. The maximum atomic E-state index is 12.2. The van der Waals surface area contributed by atoms with Gasteiger partial charge in [-0.2, -0.15) is 0 Å². The molecule has 1 aliphatic carbocycles. The zero-order valence-corrected chi connectivity index (χ0v) is 12.8. The van der Waals surface area contributed by atoms with Crippen LogP contribution >= 0.6 is 0 Å². The quantitative estimate of drug-likeness (QED) is 0.848. The van der Waals surface area contributed by atoms with Gasteiger partial charge in [-0.25, -0.2) is 0 Å². The molecular formula is C18H22N2O2. The fourth-order valence-corrected chi connectivity index (χ4v) is 2.91. The van der Waals surface area contributed by atoms with E-state index in [4.69, 9.17) is 0 Å². The van der Waals surface area contributed by atoms with Gasteiger partial charge in [0.05, 0.1) is 0 Å². The zero-order chi connectivity index (χ0) is 15.5. The first-order valence-corrected chi connectivity index (χ1v) is 7.98. The fraction of sp³-hybridized carbons (Fsp3) is 0.444. The van der Waals surface area contributed by atoms with E-state index in [0.29, 0.717) is 13.1 Å². The normalized spacial score (nSPS) is 16.8. The van der Waals surface area contributed by atoms with E-state index >= 15 is 0 Å². The lowest BCUT2D eigenvalue weighted by molar-refractivity contribution is -0.126. The Balaban J connectivity index is 1.62. The number of nitrogens with zero attached hydrogens (tertiary/aromatic N) is 1. The largest absolute Gasteiger partial charge is 0.352 e. The van der Waals surface area contributed by atoms with E-state index in [1.807, 2.05) is 18.2 Å². The van der Waals surface area contributed by atoms with Crippen molar-refractivity contribution in [1.29, 1.82) is 0 Å². The van der Waals surface area contributed by atoms with Crippen LogP contribution in [-0.2, 0) is 17.8 Å². The Kier molecular flexibility index (Phi) is 4.27. The number of hydrogen-bond donors (Lipinski definition) is 1. The van der Waals surface area contributed by atoms with Crippen LogP contribution in [0.3, 0.4) is 0 Å². The van der Waals surface area contributed by atoms with Crippen LogP contribution in [0.2, 0.25) is 0 Å². The van der Waals surface area contributed by atoms with Gasteiger partial charge in [-0.1, -0.05) is 25.5 Å². The minimum atomic E-state index is -0.0347. The highest BCUT2D eigenvalue weighted by Gasteiger charge is 2.22. The van der Waals surface area contributed by atoms with Crippen LogP contribution < -0.4 is 5.32 Å². The average molecular weight is 298 g/mol. The summed E-state index contributed by atoms with van der Waals surface area (Å²) in [6, 6.07) is 5.79. The van der Waals surface area contributed by atoms with Crippen LogP contribution in [0.5, 0.6) is 0 Å². The molecule has 3 rings (SSSR count). The molecule has 4 heteroatoms. The molecule has 1 aromatic carbocycles. The van der Waals surface area contributed by atoms with Crippen molar-refractivity contribution in [1.82, 2.24) is 10.2 Å². The standard InChI is InChI=1S/C18H22N2O2/c1-2-17(21)20-10-8-14-11-15(5-6-16(14)12-20)18(22)19-9-7-13-3-4-13/h2,5-6,11,13H,1,3-4,7-10,12H2,(H,19,22). The molecule has 0 bridgehead atoms. The van der Waals surface area contributed by atoms with Crippen molar-refractivity contribution in [2.45, 2.75) is 32.2 Å². The maximum absolute atomic E-state index is 12.2. The van der Waals surface area contributed by atoms with E-state index in [2.05, 4.69) is 11.9 Å². The SMILES string of the molecule is C=CC(=O)N1CCc2cc(C(=O)NCCC3CC3)ccc2C1. The summed E-state index contributed by atoms with van der Waals surface area (Å²) in [5.41, 5.74) is 3.01. The van der Waals surface area contributed by atoms with Gasteiger partial charge in [0.1, 0.15) is 0 Å². The molecule has 2 amide bonds. The molecule has 0 unspecified atom stereocenters. The summed E-state index contributed by atoms with van der Waals surface area (Å²) < 4.78 is 0. The minimum Gasteiger partial charge on any atom is -0.352 e. The lowest BCUT2D eigenvalue weighted by Crippen LogP contribution is -2.35. The number of amides is 2. The minimum absolute atomic E-state index is 0.00745. The van der Waals surface area contributed by atoms with E-state index in [1.54, 1.807) is 4.90 Å². The highest BCUT2D eigenvalue weighted by molar-refractivity contribution is 5.94. The summed E-state index contributed by atoms with van der Waals surface area (Å²) in [7, 11) is 0. The van der Waals surface area contributed by atoms with Crippen LogP contribution in [0.25, 0.3) is 0 Å². The number of fused-ring (bicyclic) bond motifs is 1. The first-order valence-electron chi connectivity index (χ1n) is 7.98. The van der Waals surface area contributed by atoms with Gasteiger partial charge in [0.2, 0.25) is 5.91 Å². The Morgan fingerprint density at radius 1 is 1.32 bits per heavy atom. The maximum Gasteiger partial charge on any atom is 0.251 e.